The zero-order valence-electron chi connectivity index (χ0n) is 15.6. The van der Waals surface area contributed by atoms with Crippen LogP contribution in [0.2, 0.25) is 0 Å². The predicted molar refractivity (Wildman–Crippen MR) is 98.0 cm³/mol. The van der Waals surface area contributed by atoms with Crippen molar-refractivity contribution in [1.29, 1.82) is 0 Å². The fraction of sp³-hybridized carbons (Fsp3) is 0.600. The molecule has 4 nitrogen and oxygen atoms in total. The molecule has 1 saturated carbocycles. The van der Waals surface area contributed by atoms with Crippen molar-refractivity contribution in [1.82, 2.24) is 5.32 Å². The summed E-state index contributed by atoms with van der Waals surface area (Å²) < 4.78 is 0. The van der Waals surface area contributed by atoms with Crippen molar-refractivity contribution in [2.45, 2.75) is 72.3 Å². The maximum atomic E-state index is 12.9. The third-order valence-corrected chi connectivity index (χ3v) is 4.82. The van der Waals surface area contributed by atoms with Crippen LogP contribution in [0.3, 0.4) is 0 Å². The molecule has 0 bridgehead atoms. The molecular weight excluding hydrogens is 300 g/mol. The average molecular weight is 330 g/mol. The van der Waals surface area contributed by atoms with Crippen LogP contribution in [-0.2, 0) is 9.59 Å². The van der Waals surface area contributed by atoms with Crippen LogP contribution in [0, 0.1) is 19.3 Å². The second kappa shape index (κ2) is 6.96. The van der Waals surface area contributed by atoms with Gasteiger partial charge in [-0.15, -0.1) is 0 Å². The number of carbonyl (C=O) groups excluding carboxylic acids is 2. The molecule has 1 fully saturated rings. The second-order valence-corrected chi connectivity index (χ2v) is 8.22. The van der Waals surface area contributed by atoms with Crippen molar-refractivity contribution >= 4 is 17.5 Å². The van der Waals surface area contributed by atoms with Crippen molar-refractivity contribution in [3.05, 3.63) is 29.3 Å². The molecule has 2 N–H and O–H groups in total. The first-order valence-electron chi connectivity index (χ1n) is 8.81. The molecule has 0 heterocycles. The molecule has 0 spiro atoms. The van der Waals surface area contributed by atoms with E-state index in [0.29, 0.717) is 0 Å². The number of nitrogens with one attached hydrogen (secondary N) is 2. The van der Waals surface area contributed by atoms with Gasteiger partial charge in [-0.25, -0.2) is 0 Å². The van der Waals surface area contributed by atoms with E-state index in [4.69, 9.17) is 0 Å². The summed E-state index contributed by atoms with van der Waals surface area (Å²) in [6.45, 7) is 9.97. The van der Waals surface area contributed by atoms with E-state index >= 15 is 0 Å². The van der Waals surface area contributed by atoms with Gasteiger partial charge < -0.3 is 10.6 Å². The summed E-state index contributed by atoms with van der Waals surface area (Å²) in [6, 6.07) is 5.93. The van der Waals surface area contributed by atoms with Crippen molar-refractivity contribution in [2.75, 3.05) is 5.32 Å². The minimum absolute atomic E-state index is 0.0210. The summed E-state index contributed by atoms with van der Waals surface area (Å²) in [6.07, 6.45) is 3.83. The Labute approximate surface area is 145 Å². The van der Waals surface area contributed by atoms with E-state index in [2.05, 4.69) is 17.6 Å². The monoisotopic (exact) mass is 330 g/mol. The summed E-state index contributed by atoms with van der Waals surface area (Å²) in [5, 5.41) is 6.03. The molecule has 132 valence electrons. The fourth-order valence-corrected chi connectivity index (χ4v) is 3.39. The Bertz CT molecular complexity index is 623. The van der Waals surface area contributed by atoms with E-state index in [-0.39, 0.29) is 23.8 Å². The Kier molecular flexibility index (Phi) is 5.36. The first-order chi connectivity index (χ1) is 11.1. The Morgan fingerprint density at radius 1 is 1.08 bits per heavy atom. The Hall–Kier alpha value is -1.84. The number of anilines is 1. The molecule has 2 rings (SSSR count). The quantitative estimate of drug-likeness (QED) is 0.873. The van der Waals surface area contributed by atoms with Gasteiger partial charge in [0.05, 0.1) is 5.41 Å². The second-order valence-electron chi connectivity index (χ2n) is 8.22. The highest BCUT2D eigenvalue weighted by Crippen LogP contribution is 2.42. The predicted octanol–water partition coefficient (Wildman–Crippen LogP) is 4.11. The summed E-state index contributed by atoms with van der Waals surface area (Å²) >= 11 is 0. The molecule has 1 aromatic carbocycles. The molecule has 0 aromatic heterocycles. The standard InChI is InChI=1S/C20H30N2O2/c1-14-8-9-16(12-15(14)2)21-18(24)20(10-6-7-11-20)13-17(23)22-19(3,4)5/h8-9,12H,6-7,10-11,13H2,1-5H3,(H,21,24)(H,22,23). The number of benzene rings is 1. The Morgan fingerprint density at radius 2 is 1.71 bits per heavy atom. The molecule has 24 heavy (non-hydrogen) atoms. The highest BCUT2D eigenvalue weighted by atomic mass is 16.2. The lowest BCUT2D eigenvalue weighted by Crippen LogP contribution is -2.45. The van der Waals surface area contributed by atoms with Gasteiger partial charge in [0.2, 0.25) is 11.8 Å². The van der Waals surface area contributed by atoms with Crippen LogP contribution in [0.15, 0.2) is 18.2 Å². The topological polar surface area (TPSA) is 58.2 Å². The SMILES string of the molecule is Cc1ccc(NC(=O)C2(CC(=O)NC(C)(C)C)CCCC2)cc1C. The van der Waals surface area contributed by atoms with E-state index in [0.717, 1.165) is 36.9 Å². The van der Waals surface area contributed by atoms with Crippen LogP contribution < -0.4 is 10.6 Å². The van der Waals surface area contributed by atoms with Crippen molar-refractivity contribution < 1.29 is 9.59 Å². The van der Waals surface area contributed by atoms with E-state index in [1.165, 1.54) is 5.56 Å². The van der Waals surface area contributed by atoms with Gasteiger partial charge in [-0.05, 0) is 70.7 Å². The molecule has 2 amide bonds. The minimum atomic E-state index is -0.575. The maximum absolute atomic E-state index is 12.9. The molecule has 1 aliphatic carbocycles. The van der Waals surface area contributed by atoms with E-state index in [1.807, 2.05) is 45.9 Å². The smallest absolute Gasteiger partial charge is 0.231 e. The van der Waals surface area contributed by atoms with Crippen LogP contribution in [0.5, 0.6) is 0 Å². The lowest BCUT2D eigenvalue weighted by molar-refractivity contribution is -0.133. The third-order valence-electron chi connectivity index (χ3n) is 4.82. The molecular formula is C20H30N2O2. The van der Waals surface area contributed by atoms with Crippen molar-refractivity contribution in [3.63, 3.8) is 0 Å². The summed E-state index contributed by atoms with van der Waals surface area (Å²) in [4.78, 5) is 25.3. The first-order valence-corrected chi connectivity index (χ1v) is 8.81. The van der Waals surface area contributed by atoms with Gasteiger partial charge in [-0.1, -0.05) is 18.9 Å². The summed E-state index contributed by atoms with van der Waals surface area (Å²) in [5.74, 6) is -0.0630. The molecule has 1 aliphatic rings. The maximum Gasteiger partial charge on any atom is 0.231 e. The molecule has 0 aliphatic heterocycles. The molecule has 0 unspecified atom stereocenters. The molecule has 1 aromatic rings. The zero-order valence-corrected chi connectivity index (χ0v) is 15.6. The normalized spacial score (nSPS) is 16.7. The molecule has 4 heteroatoms. The molecule has 0 atom stereocenters. The van der Waals surface area contributed by atoms with Gasteiger partial charge in [0.25, 0.3) is 0 Å². The number of rotatable bonds is 4. The van der Waals surface area contributed by atoms with Gasteiger partial charge in [0, 0.05) is 17.6 Å². The van der Waals surface area contributed by atoms with Gasteiger partial charge in [-0.2, -0.15) is 0 Å². The molecule has 0 radical (unpaired) electrons. The van der Waals surface area contributed by atoms with E-state index < -0.39 is 5.41 Å². The number of aryl methyl sites for hydroxylation is 2. The van der Waals surface area contributed by atoms with Gasteiger partial charge in [0.1, 0.15) is 0 Å². The van der Waals surface area contributed by atoms with E-state index in [9.17, 15) is 9.59 Å². The largest absolute Gasteiger partial charge is 0.351 e. The number of carbonyl (C=O) groups is 2. The van der Waals surface area contributed by atoms with Gasteiger partial charge in [-0.3, -0.25) is 9.59 Å². The Morgan fingerprint density at radius 3 is 2.25 bits per heavy atom. The summed E-state index contributed by atoms with van der Waals surface area (Å²) in [7, 11) is 0. The van der Waals surface area contributed by atoms with Gasteiger partial charge >= 0.3 is 0 Å². The number of amides is 2. The minimum Gasteiger partial charge on any atom is -0.351 e. The van der Waals surface area contributed by atoms with E-state index in [1.54, 1.807) is 0 Å². The van der Waals surface area contributed by atoms with Crippen LogP contribution in [0.25, 0.3) is 0 Å². The highest BCUT2D eigenvalue weighted by molar-refractivity contribution is 5.98. The van der Waals surface area contributed by atoms with Crippen molar-refractivity contribution in [3.8, 4) is 0 Å². The van der Waals surface area contributed by atoms with Gasteiger partial charge in [0.15, 0.2) is 0 Å². The van der Waals surface area contributed by atoms with Crippen LogP contribution in [0.4, 0.5) is 5.69 Å². The fourth-order valence-electron chi connectivity index (χ4n) is 3.39. The van der Waals surface area contributed by atoms with Crippen LogP contribution in [0.1, 0.15) is 64.0 Å². The first kappa shape index (κ1) is 18.5. The highest BCUT2D eigenvalue weighted by Gasteiger charge is 2.43. The molecule has 0 saturated heterocycles. The zero-order chi connectivity index (χ0) is 18.0. The van der Waals surface area contributed by atoms with Crippen LogP contribution >= 0.6 is 0 Å². The lowest BCUT2D eigenvalue weighted by atomic mass is 9.81. The third kappa shape index (κ3) is 4.59. The number of hydrogen-bond donors (Lipinski definition) is 2. The average Bonchev–Trinajstić information content (AvgIpc) is 2.90. The summed E-state index contributed by atoms with van der Waals surface area (Å²) in [5.41, 5.74) is 2.31. The Balaban J connectivity index is 2.12. The number of hydrogen-bond acceptors (Lipinski definition) is 2. The van der Waals surface area contributed by atoms with Crippen LogP contribution in [-0.4, -0.2) is 17.4 Å². The lowest BCUT2D eigenvalue weighted by Gasteiger charge is -2.29. The van der Waals surface area contributed by atoms with Crippen molar-refractivity contribution in [2.24, 2.45) is 5.41 Å².